The Bertz CT molecular complexity index is 1580. The van der Waals surface area contributed by atoms with Crippen molar-refractivity contribution in [1.29, 1.82) is 0 Å². The smallest absolute Gasteiger partial charge is 0.250 e. The first-order valence-corrected chi connectivity index (χ1v) is 12.8. The van der Waals surface area contributed by atoms with Crippen LogP contribution >= 0.6 is 15.9 Å². The van der Waals surface area contributed by atoms with Crippen LogP contribution in [0.2, 0.25) is 0 Å². The van der Waals surface area contributed by atoms with E-state index in [0.29, 0.717) is 16.9 Å². The van der Waals surface area contributed by atoms with Crippen LogP contribution in [0, 0.1) is 0 Å². The summed E-state index contributed by atoms with van der Waals surface area (Å²) in [7, 11) is -8.95. The number of sulfone groups is 1. The highest BCUT2D eigenvalue weighted by Gasteiger charge is 2.32. The summed E-state index contributed by atoms with van der Waals surface area (Å²) in [5.41, 5.74) is 6.04. The van der Waals surface area contributed by atoms with Gasteiger partial charge in [0.25, 0.3) is 0 Å². The lowest BCUT2D eigenvalue weighted by Gasteiger charge is -2.15. The molecule has 0 radical (unpaired) electrons. The number of amides is 1. The predicted molar refractivity (Wildman–Crippen MR) is 121 cm³/mol. The Morgan fingerprint density at radius 3 is 2.12 bits per heavy atom. The molecule has 11 heteroatoms. The first-order chi connectivity index (χ1) is 15.0. The molecule has 0 aliphatic carbocycles. The van der Waals surface area contributed by atoms with Gasteiger partial charge in [-0.3, -0.25) is 4.79 Å². The molecule has 3 aromatic carbocycles. The van der Waals surface area contributed by atoms with Crippen molar-refractivity contribution in [2.45, 2.75) is 14.7 Å². The van der Waals surface area contributed by atoms with Crippen molar-refractivity contribution in [1.82, 2.24) is 0 Å². The van der Waals surface area contributed by atoms with E-state index in [1.165, 1.54) is 24.3 Å². The van der Waals surface area contributed by atoms with Crippen molar-refractivity contribution in [3.05, 3.63) is 76.8 Å². The van der Waals surface area contributed by atoms with Gasteiger partial charge in [-0.05, 0) is 52.3 Å². The van der Waals surface area contributed by atoms with Crippen molar-refractivity contribution in [3.63, 3.8) is 0 Å². The zero-order valence-corrected chi connectivity index (χ0v) is 19.4. The van der Waals surface area contributed by atoms with Crippen LogP contribution in [-0.4, -0.2) is 22.7 Å². The molecule has 32 heavy (non-hydrogen) atoms. The number of halogens is 1. The molecule has 8 nitrogen and oxygen atoms in total. The average Bonchev–Trinajstić information content (AvgIpc) is 3.16. The van der Waals surface area contributed by atoms with Gasteiger partial charge in [0, 0.05) is 15.4 Å². The molecule has 0 bridgehead atoms. The minimum Gasteiger partial charge on any atom is -0.456 e. The van der Waals surface area contributed by atoms with Gasteiger partial charge in [-0.25, -0.2) is 22.0 Å². The summed E-state index contributed by atoms with van der Waals surface area (Å²) >= 11 is 3.27. The fourth-order valence-corrected chi connectivity index (χ4v) is 7.42. The Kier molecular flexibility index (Phi) is 5.45. The van der Waals surface area contributed by atoms with Gasteiger partial charge in [-0.15, -0.1) is 0 Å². The van der Waals surface area contributed by atoms with E-state index in [9.17, 15) is 21.6 Å². The van der Waals surface area contributed by atoms with Crippen LogP contribution in [-0.2, 0) is 19.9 Å². The maximum atomic E-state index is 13.6. The number of primary amides is 1. The number of hydrogen-bond acceptors (Lipinski definition) is 6. The van der Waals surface area contributed by atoms with Gasteiger partial charge in [0.1, 0.15) is 16.2 Å². The number of carbonyl (C=O) groups excluding carboxylic acids is 1. The van der Waals surface area contributed by atoms with E-state index < -0.39 is 40.5 Å². The topological polar surface area (TPSA) is 151 Å². The monoisotopic (exact) mass is 534 g/mol. The Labute approximate surface area is 191 Å². The Hall–Kier alpha value is -2.99. The van der Waals surface area contributed by atoms with Crippen molar-refractivity contribution in [2.24, 2.45) is 10.9 Å². The van der Waals surface area contributed by atoms with Crippen LogP contribution in [0.4, 0.5) is 0 Å². The van der Waals surface area contributed by atoms with E-state index in [4.69, 9.17) is 15.3 Å². The first-order valence-electron chi connectivity index (χ1n) is 9.00. The van der Waals surface area contributed by atoms with Crippen LogP contribution in [0.1, 0.15) is 10.4 Å². The van der Waals surface area contributed by atoms with Gasteiger partial charge in [-0.2, -0.15) is 0 Å². The van der Waals surface area contributed by atoms with Crippen molar-refractivity contribution in [3.8, 4) is 11.3 Å². The molecule has 1 amide bonds. The lowest BCUT2D eigenvalue weighted by Crippen LogP contribution is -2.20. The van der Waals surface area contributed by atoms with Crippen molar-refractivity contribution < 1.29 is 26.0 Å². The van der Waals surface area contributed by atoms with Crippen LogP contribution < -0.4 is 10.9 Å². The lowest BCUT2D eigenvalue weighted by atomic mass is 10.1. The van der Waals surface area contributed by atoms with E-state index in [0.717, 1.165) is 17.5 Å². The third-order valence-corrected chi connectivity index (χ3v) is 8.85. The number of fused-ring (bicyclic) bond motifs is 1. The van der Waals surface area contributed by atoms with Gasteiger partial charge in [0.15, 0.2) is 0 Å². The molecule has 1 heterocycles. The fraction of sp³-hybridized carbons (Fsp3) is 0. The third kappa shape index (κ3) is 3.73. The quantitative estimate of drug-likeness (QED) is 0.400. The van der Waals surface area contributed by atoms with Gasteiger partial charge in [-0.1, -0.05) is 30.3 Å². The van der Waals surface area contributed by atoms with Crippen molar-refractivity contribution in [2.75, 3.05) is 0 Å². The molecule has 0 aliphatic heterocycles. The van der Waals surface area contributed by atoms with Crippen molar-refractivity contribution >= 4 is 52.7 Å². The molecule has 0 atom stereocenters. The highest BCUT2D eigenvalue weighted by Crippen LogP contribution is 2.40. The summed E-state index contributed by atoms with van der Waals surface area (Å²) in [6.45, 7) is 0. The molecule has 0 fully saturated rings. The summed E-state index contributed by atoms with van der Waals surface area (Å²) in [5, 5.41) is 6.01. The summed E-state index contributed by atoms with van der Waals surface area (Å²) in [6.07, 6.45) is 0. The predicted octanol–water partition coefficient (Wildman–Crippen LogP) is 3.44. The minimum absolute atomic E-state index is 0.00271. The number of sulfonamides is 1. The number of benzene rings is 3. The van der Waals surface area contributed by atoms with E-state index in [1.807, 2.05) is 12.1 Å². The Morgan fingerprint density at radius 1 is 0.875 bits per heavy atom. The fourth-order valence-electron chi connectivity index (χ4n) is 3.33. The molecule has 0 unspecified atom stereocenters. The number of hydrogen-bond donors (Lipinski definition) is 2. The minimum atomic E-state index is -4.57. The number of para-hydroxylation sites is 1. The molecule has 0 aliphatic rings. The average molecular weight is 535 g/mol. The van der Waals surface area contributed by atoms with E-state index in [2.05, 4.69) is 15.9 Å². The van der Waals surface area contributed by atoms with Crippen LogP contribution in [0.25, 0.3) is 22.3 Å². The molecule has 0 saturated heterocycles. The third-order valence-electron chi connectivity index (χ3n) is 4.77. The molecule has 164 valence electrons. The molecule has 0 spiro atoms. The van der Waals surface area contributed by atoms with Crippen LogP contribution in [0.3, 0.4) is 0 Å². The summed E-state index contributed by atoms with van der Waals surface area (Å²) < 4.78 is 57.1. The van der Waals surface area contributed by atoms with Gasteiger partial charge in [0.2, 0.25) is 25.8 Å². The lowest BCUT2D eigenvalue weighted by molar-refractivity contribution is 0.0997. The molecule has 4 aromatic rings. The first kappa shape index (κ1) is 22.2. The van der Waals surface area contributed by atoms with E-state index in [-0.39, 0.29) is 10.0 Å². The Morgan fingerprint density at radius 2 is 1.50 bits per heavy atom. The SMILES string of the molecule is NC(=O)c1ccc(-c2cc3ccccc3o2)c(Br)c1S(=O)(=O)c1ccccc1S(N)(=O)=O. The Balaban J connectivity index is 2.04. The van der Waals surface area contributed by atoms with Crippen LogP contribution in [0.15, 0.2) is 90.3 Å². The highest BCUT2D eigenvalue weighted by molar-refractivity contribution is 9.10. The van der Waals surface area contributed by atoms with Crippen LogP contribution in [0.5, 0.6) is 0 Å². The summed E-state index contributed by atoms with van der Waals surface area (Å²) in [5.74, 6) is -0.668. The largest absolute Gasteiger partial charge is 0.456 e. The normalized spacial score (nSPS) is 12.2. The number of furan rings is 1. The van der Waals surface area contributed by atoms with E-state index in [1.54, 1.807) is 18.2 Å². The molecule has 1 aromatic heterocycles. The highest BCUT2D eigenvalue weighted by atomic mass is 79.9. The second-order valence-electron chi connectivity index (χ2n) is 6.81. The number of nitrogens with two attached hydrogens (primary N) is 2. The molecular formula is C21H15BrN2O6S2. The zero-order chi connectivity index (χ0) is 23.3. The molecule has 4 N–H and O–H groups in total. The second kappa shape index (κ2) is 7.85. The summed E-state index contributed by atoms with van der Waals surface area (Å²) in [6, 6.07) is 16.5. The molecule has 4 rings (SSSR count). The number of primary sulfonamides is 1. The van der Waals surface area contributed by atoms with Gasteiger partial charge < -0.3 is 10.2 Å². The molecular weight excluding hydrogens is 520 g/mol. The van der Waals surface area contributed by atoms with Gasteiger partial charge in [0.05, 0.1) is 15.4 Å². The summed E-state index contributed by atoms with van der Waals surface area (Å²) in [4.78, 5) is 10.4. The number of carbonyl (C=O) groups is 1. The van der Waals surface area contributed by atoms with Gasteiger partial charge >= 0.3 is 0 Å². The maximum absolute atomic E-state index is 13.6. The molecule has 0 saturated carbocycles. The van der Waals surface area contributed by atoms with E-state index >= 15 is 0 Å². The standard InChI is InChI=1S/C21H15BrN2O6S2/c22-19-13(16-11-12-5-1-2-6-15(12)30-16)9-10-14(21(23)25)20(19)31(26,27)17-7-3-4-8-18(17)32(24,28)29/h1-11H,(H2,23,25)(H2,24,28,29). The second-order valence-corrected chi connectivity index (χ2v) is 11.0. The number of rotatable bonds is 5. The zero-order valence-electron chi connectivity index (χ0n) is 16.1. The maximum Gasteiger partial charge on any atom is 0.250 e.